The van der Waals surface area contributed by atoms with Gasteiger partial charge in [-0.3, -0.25) is 9.69 Å². The second-order valence-corrected chi connectivity index (χ2v) is 11.9. The van der Waals surface area contributed by atoms with Crippen LogP contribution < -0.4 is 4.90 Å². The van der Waals surface area contributed by atoms with Crippen molar-refractivity contribution < 1.29 is 17.7 Å². The third kappa shape index (κ3) is 4.78. The minimum Gasteiger partial charge on any atom is -0.338 e. The van der Waals surface area contributed by atoms with E-state index in [1.165, 1.54) is 18.4 Å². The fourth-order valence-electron chi connectivity index (χ4n) is 4.80. The Balaban J connectivity index is 1.19. The number of carbonyl (C=O) groups is 1. The van der Waals surface area contributed by atoms with Crippen molar-refractivity contribution in [3.63, 3.8) is 0 Å². The van der Waals surface area contributed by atoms with Crippen LogP contribution in [0.15, 0.2) is 51.9 Å². The molecule has 11 heteroatoms. The molecule has 5 rings (SSSR count). The fourth-order valence-corrected chi connectivity index (χ4v) is 5.97. The van der Waals surface area contributed by atoms with Gasteiger partial charge in [0.05, 0.1) is 16.5 Å². The molecule has 3 heterocycles. The Morgan fingerprint density at radius 1 is 1.14 bits per heavy atom. The van der Waals surface area contributed by atoms with E-state index in [1.807, 2.05) is 23.1 Å². The minimum absolute atomic E-state index is 0.0706. The van der Waals surface area contributed by atoms with E-state index in [0.29, 0.717) is 36.2 Å². The first-order chi connectivity index (χ1) is 17.2. The van der Waals surface area contributed by atoms with E-state index in [1.54, 1.807) is 24.3 Å². The van der Waals surface area contributed by atoms with E-state index >= 15 is 0 Å². The van der Waals surface area contributed by atoms with Crippen molar-refractivity contribution >= 4 is 33.2 Å². The van der Waals surface area contributed by atoms with Crippen molar-refractivity contribution in [3.8, 4) is 11.4 Å². The van der Waals surface area contributed by atoms with Crippen LogP contribution in [0.2, 0.25) is 5.02 Å². The number of nitrogens with zero attached hydrogens (tertiary/aromatic N) is 5. The molecule has 3 aromatic rings. The number of hydrogen-bond acceptors (Lipinski definition) is 7. The Morgan fingerprint density at radius 2 is 1.89 bits per heavy atom. The van der Waals surface area contributed by atoms with Gasteiger partial charge in [-0.1, -0.05) is 28.9 Å². The van der Waals surface area contributed by atoms with Gasteiger partial charge in [0.1, 0.15) is 0 Å². The summed E-state index contributed by atoms with van der Waals surface area (Å²) < 4.78 is 31.6. The smallest absolute Gasteiger partial charge is 0.242 e. The number of hydrogen-bond donors (Lipinski definition) is 0. The molecule has 0 saturated carbocycles. The number of anilines is 1. The maximum Gasteiger partial charge on any atom is 0.242 e. The van der Waals surface area contributed by atoms with Crippen molar-refractivity contribution in [2.24, 2.45) is 5.92 Å². The molecule has 0 bridgehead atoms. The monoisotopic (exact) mass is 529 g/mol. The molecule has 2 aliphatic heterocycles. The Morgan fingerprint density at radius 3 is 2.61 bits per heavy atom. The molecule has 190 valence electrons. The van der Waals surface area contributed by atoms with Gasteiger partial charge in [0.15, 0.2) is 0 Å². The number of carbonyl (C=O) groups excluding carboxylic acids is 1. The second-order valence-electron chi connectivity index (χ2n) is 9.36. The van der Waals surface area contributed by atoms with Crippen molar-refractivity contribution in [2.45, 2.75) is 30.7 Å². The number of halogens is 1. The number of piperidine rings is 1. The highest BCUT2D eigenvalue weighted by Gasteiger charge is 2.33. The van der Waals surface area contributed by atoms with Crippen LogP contribution in [0.4, 0.5) is 5.69 Å². The predicted molar refractivity (Wildman–Crippen MR) is 136 cm³/mol. The quantitative estimate of drug-likeness (QED) is 0.482. The lowest BCUT2D eigenvalue weighted by molar-refractivity contribution is -0.123. The summed E-state index contributed by atoms with van der Waals surface area (Å²) in [7, 11) is -0.475. The standard InChI is InChI=1S/C25H28ClN5O4S/c1-29(2)36(33,34)19-7-8-22-18(15-19)11-14-31(22)25(32)17-9-12-30(13-10-17)16-23-27-24(28-35-23)20-5-3-4-6-21(20)26/h3-8,15,17H,9-14,16H2,1-2H3. The molecule has 0 spiro atoms. The number of rotatable bonds is 6. The first kappa shape index (κ1) is 24.9. The highest BCUT2D eigenvalue weighted by Crippen LogP contribution is 2.33. The number of benzene rings is 2. The molecule has 36 heavy (non-hydrogen) atoms. The van der Waals surface area contributed by atoms with Gasteiger partial charge in [0.25, 0.3) is 0 Å². The zero-order valence-corrected chi connectivity index (χ0v) is 21.8. The molecule has 1 aromatic heterocycles. The Hall–Kier alpha value is -2.79. The second kappa shape index (κ2) is 9.93. The SMILES string of the molecule is CN(C)S(=O)(=O)c1ccc2c(c1)CCN2C(=O)C1CCN(Cc2nc(-c3ccccc3Cl)no2)CC1. The average Bonchev–Trinajstić information content (AvgIpc) is 3.51. The average molecular weight is 530 g/mol. The third-order valence-electron chi connectivity index (χ3n) is 6.87. The van der Waals surface area contributed by atoms with Gasteiger partial charge in [0.2, 0.25) is 27.6 Å². The lowest BCUT2D eigenvalue weighted by atomic mass is 9.95. The molecule has 0 aliphatic carbocycles. The van der Waals surface area contributed by atoms with E-state index in [4.69, 9.17) is 16.1 Å². The summed E-state index contributed by atoms with van der Waals surface area (Å²) in [5.74, 6) is 1.02. The molecule has 2 aliphatic rings. The van der Waals surface area contributed by atoms with Gasteiger partial charge in [-0.15, -0.1) is 0 Å². The van der Waals surface area contributed by atoms with E-state index in [9.17, 15) is 13.2 Å². The molecule has 1 fully saturated rings. The van der Waals surface area contributed by atoms with Crippen LogP contribution in [0, 0.1) is 5.92 Å². The largest absolute Gasteiger partial charge is 0.338 e. The number of fused-ring (bicyclic) bond motifs is 1. The van der Waals surface area contributed by atoms with Gasteiger partial charge in [-0.25, -0.2) is 12.7 Å². The summed E-state index contributed by atoms with van der Waals surface area (Å²) in [6.45, 7) is 2.60. The molecule has 2 aromatic carbocycles. The van der Waals surface area contributed by atoms with Crippen LogP contribution in [0.3, 0.4) is 0 Å². The van der Waals surface area contributed by atoms with E-state index in [-0.39, 0.29) is 16.7 Å². The van der Waals surface area contributed by atoms with Gasteiger partial charge in [0, 0.05) is 37.8 Å². The zero-order valence-electron chi connectivity index (χ0n) is 20.2. The van der Waals surface area contributed by atoms with E-state index < -0.39 is 10.0 Å². The summed E-state index contributed by atoms with van der Waals surface area (Å²) in [4.78, 5) is 22.1. The van der Waals surface area contributed by atoms with E-state index in [2.05, 4.69) is 15.0 Å². The van der Waals surface area contributed by atoms with Gasteiger partial charge in [-0.2, -0.15) is 4.98 Å². The van der Waals surface area contributed by atoms with Gasteiger partial charge >= 0.3 is 0 Å². The van der Waals surface area contributed by atoms with Crippen LogP contribution in [0.5, 0.6) is 0 Å². The zero-order chi connectivity index (χ0) is 25.4. The Labute approximate surface area is 215 Å². The van der Waals surface area contributed by atoms with Gasteiger partial charge < -0.3 is 9.42 Å². The summed E-state index contributed by atoms with van der Waals surface area (Å²) >= 11 is 6.23. The Kier molecular flexibility index (Phi) is 6.86. The summed E-state index contributed by atoms with van der Waals surface area (Å²) in [6.07, 6.45) is 2.13. The maximum absolute atomic E-state index is 13.3. The normalized spacial score (nSPS) is 17.1. The van der Waals surface area contributed by atoms with Crippen LogP contribution in [0.25, 0.3) is 11.4 Å². The lowest BCUT2D eigenvalue weighted by Gasteiger charge is -2.32. The molecule has 0 radical (unpaired) electrons. The fraction of sp³-hybridized carbons (Fsp3) is 0.400. The molecule has 9 nitrogen and oxygen atoms in total. The van der Waals surface area contributed by atoms with Crippen molar-refractivity contribution in [1.29, 1.82) is 0 Å². The molecule has 0 N–H and O–H groups in total. The highest BCUT2D eigenvalue weighted by molar-refractivity contribution is 7.89. The third-order valence-corrected chi connectivity index (χ3v) is 9.01. The maximum atomic E-state index is 13.3. The number of aromatic nitrogens is 2. The van der Waals surface area contributed by atoms with Crippen molar-refractivity contribution in [1.82, 2.24) is 19.3 Å². The summed E-state index contributed by atoms with van der Waals surface area (Å²) in [5, 5.41) is 4.63. The molecular weight excluding hydrogens is 502 g/mol. The first-order valence-electron chi connectivity index (χ1n) is 11.9. The number of likely N-dealkylation sites (tertiary alicyclic amines) is 1. The summed E-state index contributed by atoms with van der Waals surface area (Å²) in [6, 6.07) is 12.4. The minimum atomic E-state index is -3.50. The van der Waals surface area contributed by atoms with Crippen molar-refractivity contribution in [2.75, 3.05) is 38.6 Å². The van der Waals surface area contributed by atoms with Crippen LogP contribution in [0.1, 0.15) is 24.3 Å². The number of sulfonamides is 1. The van der Waals surface area contributed by atoms with Crippen molar-refractivity contribution in [3.05, 3.63) is 58.9 Å². The van der Waals surface area contributed by atoms with Crippen LogP contribution in [-0.2, 0) is 27.8 Å². The van der Waals surface area contributed by atoms with Gasteiger partial charge in [-0.05, 0) is 68.2 Å². The first-order valence-corrected chi connectivity index (χ1v) is 13.7. The van der Waals surface area contributed by atoms with E-state index in [0.717, 1.165) is 42.7 Å². The molecule has 1 amide bonds. The highest BCUT2D eigenvalue weighted by atomic mass is 35.5. The molecular formula is C25H28ClN5O4S. The molecule has 0 atom stereocenters. The number of amides is 1. The Bertz CT molecular complexity index is 1380. The van der Waals surface area contributed by atoms with Crippen LogP contribution in [-0.4, -0.2) is 67.4 Å². The molecule has 0 unspecified atom stereocenters. The topological polar surface area (TPSA) is 99.9 Å². The van der Waals surface area contributed by atoms with Crippen LogP contribution >= 0.6 is 11.6 Å². The lowest BCUT2D eigenvalue weighted by Crippen LogP contribution is -2.42. The molecule has 1 saturated heterocycles. The summed E-state index contributed by atoms with van der Waals surface area (Å²) in [5.41, 5.74) is 2.45. The predicted octanol–water partition coefficient (Wildman–Crippen LogP) is 3.44.